The van der Waals surface area contributed by atoms with Gasteiger partial charge in [-0.2, -0.15) is 0 Å². The molecule has 1 heterocycles. The molecule has 2 aromatic rings. The van der Waals surface area contributed by atoms with E-state index in [0.717, 1.165) is 17.7 Å². The average molecular weight is 422 g/mol. The number of hydrogen-bond donors (Lipinski definition) is 0. The zero-order valence-corrected chi connectivity index (χ0v) is 17.0. The van der Waals surface area contributed by atoms with E-state index in [0.29, 0.717) is 17.2 Å². The first-order chi connectivity index (χ1) is 14.9. The zero-order chi connectivity index (χ0) is 22.0. The van der Waals surface area contributed by atoms with Crippen LogP contribution in [0.5, 0.6) is 11.5 Å². The minimum Gasteiger partial charge on any atom is -0.484 e. The number of hydrogen-bond acceptors (Lipinski definition) is 6. The molecule has 1 aliphatic heterocycles. The molecule has 4 rings (SSSR count). The minimum absolute atomic E-state index is 0.0556. The summed E-state index contributed by atoms with van der Waals surface area (Å²) in [5, 5.41) is 0. The van der Waals surface area contributed by atoms with E-state index in [1.54, 1.807) is 12.1 Å². The second-order valence-electron chi connectivity index (χ2n) is 7.51. The predicted octanol–water partition coefficient (Wildman–Crippen LogP) is 2.31. The molecule has 8 heteroatoms. The maximum atomic E-state index is 13.1. The van der Waals surface area contributed by atoms with Crippen molar-refractivity contribution in [2.75, 3.05) is 11.5 Å². The van der Waals surface area contributed by atoms with Crippen LogP contribution in [0.15, 0.2) is 54.6 Å². The summed E-state index contributed by atoms with van der Waals surface area (Å²) in [5.41, 5.74) is 0.372. The normalized spacial score (nSPS) is 18.1. The number of esters is 1. The average Bonchev–Trinajstić information content (AvgIpc) is 3.54. The lowest BCUT2D eigenvalue weighted by Crippen LogP contribution is -2.48. The van der Waals surface area contributed by atoms with Crippen LogP contribution in [0.1, 0.15) is 26.2 Å². The van der Waals surface area contributed by atoms with Gasteiger partial charge in [-0.15, -0.1) is 0 Å². The molecule has 31 heavy (non-hydrogen) atoms. The van der Waals surface area contributed by atoms with Crippen LogP contribution in [0.3, 0.4) is 0 Å². The lowest BCUT2D eigenvalue weighted by Gasteiger charge is -2.27. The first kappa shape index (κ1) is 20.6. The number of amides is 3. The highest BCUT2D eigenvalue weighted by Crippen LogP contribution is 2.34. The van der Waals surface area contributed by atoms with Crippen LogP contribution in [0, 0.1) is 0 Å². The summed E-state index contributed by atoms with van der Waals surface area (Å²) in [6, 6.07) is 14.2. The van der Waals surface area contributed by atoms with E-state index in [1.807, 2.05) is 18.2 Å². The topological polar surface area (TPSA) is 93.2 Å². The molecule has 8 nitrogen and oxygen atoms in total. The lowest BCUT2D eigenvalue weighted by atomic mass is 10.2. The van der Waals surface area contributed by atoms with Gasteiger partial charge in [0.1, 0.15) is 17.5 Å². The standard InChI is InChI=1S/C23H22N2O6/c1-15(26)31-19-11-9-17(10-12-19)25-21(27)13-20(23(25)29)24(16-7-8-16)22(28)14-30-18-5-3-2-4-6-18/h2-6,9-12,16,20H,7-8,13-14H2,1H3. The lowest BCUT2D eigenvalue weighted by molar-refractivity contribution is -0.140. The molecule has 2 fully saturated rings. The maximum Gasteiger partial charge on any atom is 0.308 e. The van der Waals surface area contributed by atoms with Crippen LogP contribution in [0.25, 0.3) is 0 Å². The highest BCUT2D eigenvalue weighted by Gasteiger charge is 2.48. The van der Waals surface area contributed by atoms with Gasteiger partial charge in [0.2, 0.25) is 5.91 Å². The van der Waals surface area contributed by atoms with Crippen LogP contribution in [0.2, 0.25) is 0 Å². The largest absolute Gasteiger partial charge is 0.484 e. The predicted molar refractivity (Wildman–Crippen MR) is 110 cm³/mol. The zero-order valence-electron chi connectivity index (χ0n) is 17.0. The molecule has 0 spiro atoms. The molecule has 1 saturated heterocycles. The van der Waals surface area contributed by atoms with E-state index in [-0.39, 0.29) is 30.9 Å². The number of anilines is 1. The first-order valence-electron chi connectivity index (χ1n) is 10.1. The third-order valence-corrected chi connectivity index (χ3v) is 5.15. The van der Waals surface area contributed by atoms with Crippen LogP contribution < -0.4 is 14.4 Å². The van der Waals surface area contributed by atoms with Gasteiger partial charge in [-0.3, -0.25) is 19.2 Å². The fraction of sp³-hybridized carbons (Fsp3) is 0.304. The summed E-state index contributed by atoms with van der Waals surface area (Å²) in [4.78, 5) is 52.3. The Morgan fingerprint density at radius 2 is 1.68 bits per heavy atom. The molecular weight excluding hydrogens is 400 g/mol. The van der Waals surface area contributed by atoms with Gasteiger partial charge < -0.3 is 14.4 Å². The fourth-order valence-corrected chi connectivity index (χ4v) is 3.65. The molecule has 0 aromatic heterocycles. The van der Waals surface area contributed by atoms with Crippen molar-refractivity contribution in [2.24, 2.45) is 0 Å². The highest BCUT2D eigenvalue weighted by atomic mass is 16.5. The molecule has 1 unspecified atom stereocenters. The van der Waals surface area contributed by atoms with Gasteiger partial charge in [0.05, 0.1) is 12.1 Å². The smallest absolute Gasteiger partial charge is 0.308 e. The summed E-state index contributed by atoms with van der Waals surface area (Å²) < 4.78 is 10.5. The van der Waals surface area contributed by atoms with E-state index >= 15 is 0 Å². The van der Waals surface area contributed by atoms with Gasteiger partial charge in [-0.1, -0.05) is 18.2 Å². The first-order valence-corrected chi connectivity index (χ1v) is 10.1. The fourth-order valence-electron chi connectivity index (χ4n) is 3.65. The van der Waals surface area contributed by atoms with Crippen LogP contribution in [0.4, 0.5) is 5.69 Å². The van der Waals surface area contributed by atoms with Gasteiger partial charge in [0.15, 0.2) is 6.61 Å². The Hall–Kier alpha value is -3.68. The summed E-state index contributed by atoms with van der Waals surface area (Å²) in [5.74, 6) is -0.709. The third-order valence-electron chi connectivity index (χ3n) is 5.15. The number of ether oxygens (including phenoxy) is 2. The molecule has 3 amide bonds. The van der Waals surface area contributed by atoms with Crippen molar-refractivity contribution in [1.29, 1.82) is 0 Å². The Labute approximate surface area is 179 Å². The van der Waals surface area contributed by atoms with Crippen molar-refractivity contribution in [3.63, 3.8) is 0 Å². The Kier molecular flexibility index (Phi) is 5.70. The molecule has 2 aliphatic rings. The van der Waals surface area contributed by atoms with E-state index in [2.05, 4.69) is 0 Å². The monoisotopic (exact) mass is 422 g/mol. The van der Waals surface area contributed by atoms with Gasteiger partial charge in [-0.05, 0) is 49.2 Å². The van der Waals surface area contributed by atoms with E-state index in [4.69, 9.17) is 9.47 Å². The van der Waals surface area contributed by atoms with Crippen LogP contribution in [-0.2, 0) is 19.2 Å². The van der Waals surface area contributed by atoms with Gasteiger partial charge >= 0.3 is 5.97 Å². The number of nitrogens with zero attached hydrogens (tertiary/aromatic N) is 2. The number of imide groups is 1. The Morgan fingerprint density at radius 3 is 2.29 bits per heavy atom. The van der Waals surface area contributed by atoms with Crippen molar-refractivity contribution in [2.45, 2.75) is 38.3 Å². The van der Waals surface area contributed by atoms with Crippen molar-refractivity contribution in [3.05, 3.63) is 54.6 Å². The van der Waals surface area contributed by atoms with E-state index < -0.39 is 17.9 Å². The van der Waals surface area contributed by atoms with Crippen molar-refractivity contribution >= 4 is 29.4 Å². The number of rotatable bonds is 7. The molecule has 160 valence electrons. The summed E-state index contributed by atoms with van der Waals surface area (Å²) in [6.45, 7) is 1.09. The quantitative estimate of drug-likeness (QED) is 0.386. The number of benzene rings is 2. The summed E-state index contributed by atoms with van der Waals surface area (Å²) >= 11 is 0. The van der Waals surface area contributed by atoms with Crippen molar-refractivity contribution < 1.29 is 28.7 Å². The van der Waals surface area contributed by atoms with Gasteiger partial charge in [-0.25, -0.2) is 4.90 Å². The van der Waals surface area contributed by atoms with Crippen molar-refractivity contribution in [1.82, 2.24) is 4.90 Å². The third kappa shape index (κ3) is 4.58. The summed E-state index contributed by atoms with van der Waals surface area (Å²) in [6.07, 6.45) is 1.52. The van der Waals surface area contributed by atoms with Crippen LogP contribution >= 0.6 is 0 Å². The van der Waals surface area contributed by atoms with Gasteiger partial charge in [0.25, 0.3) is 11.8 Å². The van der Waals surface area contributed by atoms with E-state index in [9.17, 15) is 19.2 Å². The second-order valence-corrected chi connectivity index (χ2v) is 7.51. The number of para-hydroxylation sites is 1. The van der Waals surface area contributed by atoms with Gasteiger partial charge in [0, 0.05) is 13.0 Å². The Morgan fingerprint density at radius 1 is 1.00 bits per heavy atom. The molecular formula is C23H22N2O6. The van der Waals surface area contributed by atoms with Crippen LogP contribution in [-0.4, -0.2) is 47.3 Å². The molecule has 0 radical (unpaired) electrons. The molecule has 1 saturated carbocycles. The minimum atomic E-state index is -0.847. The highest BCUT2D eigenvalue weighted by molar-refractivity contribution is 6.23. The SMILES string of the molecule is CC(=O)Oc1ccc(N2C(=O)CC(N(C(=O)COc3ccccc3)C3CC3)C2=O)cc1. The summed E-state index contributed by atoms with van der Waals surface area (Å²) in [7, 11) is 0. The molecule has 0 N–H and O–H groups in total. The van der Waals surface area contributed by atoms with E-state index in [1.165, 1.54) is 36.1 Å². The molecule has 2 aromatic carbocycles. The number of carbonyl (C=O) groups is 4. The number of carbonyl (C=O) groups excluding carboxylic acids is 4. The molecule has 1 aliphatic carbocycles. The molecule has 1 atom stereocenters. The Bertz CT molecular complexity index is 1000. The maximum absolute atomic E-state index is 13.1. The molecule has 0 bridgehead atoms. The van der Waals surface area contributed by atoms with Crippen molar-refractivity contribution in [3.8, 4) is 11.5 Å². The second kappa shape index (κ2) is 8.59. The Balaban J connectivity index is 1.48.